The van der Waals surface area contributed by atoms with E-state index in [4.69, 9.17) is 9.47 Å². The van der Waals surface area contributed by atoms with E-state index >= 15 is 0 Å². The first-order valence-electron chi connectivity index (χ1n) is 10.6. The van der Waals surface area contributed by atoms with E-state index in [0.29, 0.717) is 24.2 Å². The number of rotatable bonds is 7. The van der Waals surface area contributed by atoms with E-state index in [1.54, 1.807) is 0 Å². The molecule has 2 heterocycles. The number of carbonyl (C=O) groups is 1. The van der Waals surface area contributed by atoms with Gasteiger partial charge in [-0.1, -0.05) is 19.3 Å². The molecule has 2 fully saturated rings. The first-order valence-corrected chi connectivity index (χ1v) is 10.6. The van der Waals surface area contributed by atoms with Crippen molar-refractivity contribution in [3.8, 4) is 0 Å². The predicted molar refractivity (Wildman–Crippen MR) is 100 cm³/mol. The van der Waals surface area contributed by atoms with Crippen molar-refractivity contribution in [1.82, 2.24) is 4.90 Å². The Hall–Kier alpha value is -1.07. The summed E-state index contributed by atoms with van der Waals surface area (Å²) in [5.41, 5.74) is 0. The molecule has 0 bridgehead atoms. The Morgan fingerprint density at radius 3 is 2.62 bits per heavy atom. The normalized spacial score (nSPS) is 30.2. The van der Waals surface area contributed by atoms with Crippen LogP contribution in [0, 0.1) is 17.8 Å². The van der Waals surface area contributed by atoms with Crippen molar-refractivity contribution in [3.05, 3.63) is 11.8 Å². The molecule has 5 heteroatoms. The molecule has 3 aliphatic rings. The number of carbonyl (C=O) groups excluding carboxylic acids is 1. The second-order valence-electron chi connectivity index (χ2n) is 7.98. The number of allylic oxidation sites excluding steroid dienone is 1. The fraction of sp³-hybridized carbons (Fsp3) is 0.857. The summed E-state index contributed by atoms with van der Waals surface area (Å²) in [5.74, 6) is 1.67. The number of hydrogen-bond donors (Lipinski definition) is 1. The van der Waals surface area contributed by atoms with Crippen molar-refractivity contribution in [3.63, 3.8) is 0 Å². The van der Waals surface area contributed by atoms with E-state index in [-0.39, 0.29) is 24.7 Å². The summed E-state index contributed by atoms with van der Waals surface area (Å²) in [5, 5.41) is 9.34. The molecule has 1 aliphatic carbocycles. The van der Waals surface area contributed by atoms with Crippen molar-refractivity contribution >= 4 is 5.91 Å². The first kappa shape index (κ1) is 19.7. The fourth-order valence-electron chi connectivity index (χ4n) is 4.91. The summed E-state index contributed by atoms with van der Waals surface area (Å²) in [6, 6.07) is 0. The zero-order valence-corrected chi connectivity index (χ0v) is 16.2. The van der Waals surface area contributed by atoms with Gasteiger partial charge in [0.1, 0.15) is 0 Å². The van der Waals surface area contributed by atoms with Crippen LogP contribution in [0.5, 0.6) is 0 Å². The van der Waals surface area contributed by atoms with E-state index in [9.17, 15) is 9.90 Å². The number of aliphatic hydroxyl groups is 1. The van der Waals surface area contributed by atoms with Crippen LogP contribution in [0.15, 0.2) is 11.8 Å². The van der Waals surface area contributed by atoms with Crippen LogP contribution >= 0.6 is 0 Å². The lowest BCUT2D eigenvalue weighted by Crippen LogP contribution is -2.42. The molecule has 26 heavy (non-hydrogen) atoms. The minimum Gasteiger partial charge on any atom is -0.459 e. The summed E-state index contributed by atoms with van der Waals surface area (Å²) in [4.78, 5) is 14.9. The standard InChI is InChI=1S/C21H35NO4/c1-2-25-21-17(11-8-14-23)18(16-9-4-3-5-10-16)15-19(26-21)20(24)22-12-6-7-13-22/h15-18,21,23H,2-14H2,1H3/t17-,18+,21+/m0/s1. The van der Waals surface area contributed by atoms with Gasteiger partial charge in [0.2, 0.25) is 6.29 Å². The van der Waals surface area contributed by atoms with E-state index < -0.39 is 0 Å². The maximum absolute atomic E-state index is 12.9. The summed E-state index contributed by atoms with van der Waals surface area (Å²) < 4.78 is 12.0. The van der Waals surface area contributed by atoms with Gasteiger partial charge in [-0.3, -0.25) is 4.79 Å². The SMILES string of the molecule is CCO[C@@H]1OC(C(=O)N2CCCC2)=C[C@H](C2CCCCC2)[C@@H]1CCCO. The van der Waals surface area contributed by atoms with Crippen LogP contribution in [0.2, 0.25) is 0 Å². The Balaban J connectivity index is 1.83. The van der Waals surface area contributed by atoms with E-state index in [1.165, 1.54) is 32.1 Å². The smallest absolute Gasteiger partial charge is 0.288 e. The number of aliphatic hydroxyl groups excluding tert-OH is 1. The monoisotopic (exact) mass is 365 g/mol. The highest BCUT2D eigenvalue weighted by atomic mass is 16.7. The van der Waals surface area contributed by atoms with Gasteiger partial charge in [0.25, 0.3) is 5.91 Å². The minimum absolute atomic E-state index is 0.0358. The van der Waals surface area contributed by atoms with Gasteiger partial charge in [-0.25, -0.2) is 0 Å². The number of hydrogen-bond acceptors (Lipinski definition) is 4. The molecule has 5 nitrogen and oxygen atoms in total. The van der Waals surface area contributed by atoms with E-state index in [0.717, 1.165) is 38.8 Å². The van der Waals surface area contributed by atoms with Crippen LogP contribution in [0.4, 0.5) is 0 Å². The predicted octanol–water partition coefficient (Wildman–Crippen LogP) is 3.47. The number of likely N-dealkylation sites (tertiary alicyclic amines) is 1. The van der Waals surface area contributed by atoms with Crippen LogP contribution in [0.1, 0.15) is 64.7 Å². The van der Waals surface area contributed by atoms with Crippen molar-refractivity contribution in [2.24, 2.45) is 17.8 Å². The molecule has 2 aliphatic heterocycles. The average Bonchev–Trinajstić information content (AvgIpc) is 3.21. The molecule has 0 radical (unpaired) electrons. The third-order valence-electron chi connectivity index (χ3n) is 6.26. The lowest BCUT2D eigenvalue weighted by Gasteiger charge is -2.41. The Kier molecular flexibility index (Phi) is 7.38. The molecule has 3 atom stereocenters. The van der Waals surface area contributed by atoms with Gasteiger partial charge < -0.3 is 19.5 Å². The summed E-state index contributed by atoms with van der Waals surface area (Å²) in [6.07, 6.45) is 11.9. The second kappa shape index (κ2) is 9.75. The third kappa shape index (κ3) is 4.61. The van der Waals surface area contributed by atoms with Crippen LogP contribution in [0.25, 0.3) is 0 Å². The van der Waals surface area contributed by atoms with Crippen LogP contribution in [-0.4, -0.2) is 48.5 Å². The maximum Gasteiger partial charge on any atom is 0.288 e. The summed E-state index contributed by atoms with van der Waals surface area (Å²) in [7, 11) is 0. The van der Waals surface area contributed by atoms with Crippen molar-refractivity contribution in [2.75, 3.05) is 26.3 Å². The fourth-order valence-corrected chi connectivity index (χ4v) is 4.91. The highest BCUT2D eigenvalue weighted by Gasteiger charge is 2.41. The number of ether oxygens (including phenoxy) is 2. The van der Waals surface area contributed by atoms with Gasteiger partial charge in [-0.15, -0.1) is 0 Å². The molecule has 1 amide bonds. The molecule has 0 unspecified atom stereocenters. The molecule has 0 aromatic carbocycles. The Morgan fingerprint density at radius 2 is 1.96 bits per heavy atom. The van der Waals surface area contributed by atoms with Crippen LogP contribution in [0.3, 0.4) is 0 Å². The van der Waals surface area contributed by atoms with Gasteiger partial charge in [-0.2, -0.15) is 0 Å². The van der Waals surface area contributed by atoms with Gasteiger partial charge in [-0.05, 0) is 63.4 Å². The lowest BCUT2D eigenvalue weighted by molar-refractivity contribution is -0.179. The number of nitrogens with zero attached hydrogens (tertiary/aromatic N) is 1. The largest absolute Gasteiger partial charge is 0.459 e. The van der Waals surface area contributed by atoms with E-state index in [2.05, 4.69) is 6.08 Å². The van der Waals surface area contributed by atoms with Crippen molar-refractivity contribution in [2.45, 2.75) is 71.0 Å². The molecule has 1 N–H and O–H groups in total. The van der Waals surface area contributed by atoms with Gasteiger partial charge >= 0.3 is 0 Å². The average molecular weight is 366 g/mol. The highest BCUT2D eigenvalue weighted by Crippen LogP contribution is 2.42. The molecule has 0 aromatic heterocycles. The van der Waals surface area contributed by atoms with Gasteiger partial charge in [0.05, 0.1) is 0 Å². The van der Waals surface area contributed by atoms with Crippen molar-refractivity contribution in [1.29, 1.82) is 0 Å². The molecule has 0 aromatic rings. The van der Waals surface area contributed by atoms with Crippen LogP contribution in [-0.2, 0) is 14.3 Å². The van der Waals surface area contributed by atoms with Gasteiger partial charge in [0, 0.05) is 32.2 Å². The Labute approximate surface area is 157 Å². The Morgan fingerprint density at radius 1 is 1.23 bits per heavy atom. The quantitative estimate of drug-likeness (QED) is 0.750. The molecular weight excluding hydrogens is 330 g/mol. The molecule has 0 spiro atoms. The second-order valence-corrected chi connectivity index (χ2v) is 7.98. The molecule has 148 valence electrons. The molecule has 3 rings (SSSR count). The van der Waals surface area contributed by atoms with E-state index in [1.807, 2.05) is 11.8 Å². The van der Waals surface area contributed by atoms with Crippen molar-refractivity contribution < 1.29 is 19.4 Å². The third-order valence-corrected chi connectivity index (χ3v) is 6.26. The Bertz CT molecular complexity index is 480. The minimum atomic E-state index is -0.370. The summed E-state index contributed by atoms with van der Waals surface area (Å²) >= 11 is 0. The topological polar surface area (TPSA) is 59.0 Å². The zero-order chi connectivity index (χ0) is 18.4. The van der Waals surface area contributed by atoms with Gasteiger partial charge in [0.15, 0.2) is 5.76 Å². The molecule has 1 saturated carbocycles. The first-order chi connectivity index (χ1) is 12.7. The maximum atomic E-state index is 12.9. The van der Waals surface area contributed by atoms with Crippen LogP contribution < -0.4 is 0 Å². The molecular formula is C21H35NO4. The number of amides is 1. The lowest BCUT2D eigenvalue weighted by atomic mass is 9.71. The highest BCUT2D eigenvalue weighted by molar-refractivity contribution is 5.91. The zero-order valence-electron chi connectivity index (χ0n) is 16.2. The molecule has 1 saturated heterocycles. The summed E-state index contributed by atoms with van der Waals surface area (Å²) in [6.45, 7) is 4.41.